The van der Waals surface area contributed by atoms with Gasteiger partial charge in [0.2, 0.25) is 0 Å². The van der Waals surface area contributed by atoms with E-state index >= 15 is 0 Å². The van der Waals surface area contributed by atoms with E-state index in [1.54, 1.807) is 0 Å². The van der Waals surface area contributed by atoms with E-state index in [-0.39, 0.29) is 6.04 Å². The molecule has 0 spiro atoms. The Kier molecular flexibility index (Phi) is 5.26. The van der Waals surface area contributed by atoms with Gasteiger partial charge in [-0.15, -0.1) is 0 Å². The molecule has 3 heteroatoms. The van der Waals surface area contributed by atoms with Crippen LogP contribution in [0.15, 0.2) is 0 Å². The number of carboxylic acid groups (broad SMARTS) is 1. The summed E-state index contributed by atoms with van der Waals surface area (Å²) in [7, 11) is 0. The van der Waals surface area contributed by atoms with Crippen LogP contribution in [0.1, 0.15) is 58.8 Å². The third kappa shape index (κ3) is 3.48. The third-order valence-corrected chi connectivity index (χ3v) is 4.03. The monoisotopic (exact) mass is 227 g/mol. The fourth-order valence-electron chi connectivity index (χ4n) is 2.39. The Morgan fingerprint density at radius 2 is 2.12 bits per heavy atom. The maximum Gasteiger partial charge on any atom is 0.320 e. The normalized spacial score (nSPS) is 20.1. The van der Waals surface area contributed by atoms with Gasteiger partial charge in [0.25, 0.3) is 0 Å². The Morgan fingerprint density at radius 3 is 2.50 bits per heavy atom. The summed E-state index contributed by atoms with van der Waals surface area (Å²) in [5.41, 5.74) is 0.403. The van der Waals surface area contributed by atoms with Crippen LogP contribution >= 0.6 is 0 Å². The van der Waals surface area contributed by atoms with Gasteiger partial charge in [-0.3, -0.25) is 4.79 Å². The summed E-state index contributed by atoms with van der Waals surface area (Å²) >= 11 is 0. The number of hydrogen-bond donors (Lipinski definition) is 2. The Balaban J connectivity index is 2.34. The molecule has 0 aromatic carbocycles. The summed E-state index contributed by atoms with van der Waals surface area (Å²) in [6.07, 6.45) is 7.80. The predicted molar refractivity (Wildman–Crippen MR) is 65.5 cm³/mol. The molecule has 0 heterocycles. The van der Waals surface area contributed by atoms with Crippen molar-refractivity contribution in [1.82, 2.24) is 5.32 Å². The summed E-state index contributed by atoms with van der Waals surface area (Å²) in [6, 6.07) is -0.344. The molecule has 1 unspecified atom stereocenters. The van der Waals surface area contributed by atoms with Gasteiger partial charge in [0.05, 0.1) is 0 Å². The van der Waals surface area contributed by atoms with Gasteiger partial charge in [-0.2, -0.15) is 0 Å². The lowest BCUT2D eigenvalue weighted by Crippen LogP contribution is -2.46. The molecule has 0 amide bonds. The lowest BCUT2D eigenvalue weighted by atomic mass is 9.67. The van der Waals surface area contributed by atoms with Gasteiger partial charge in [0.1, 0.15) is 6.04 Å². The molecule has 0 bridgehead atoms. The zero-order valence-corrected chi connectivity index (χ0v) is 10.6. The first-order valence-corrected chi connectivity index (χ1v) is 6.60. The molecule has 3 nitrogen and oxygen atoms in total. The maximum absolute atomic E-state index is 11.1. The first-order valence-electron chi connectivity index (χ1n) is 6.60. The van der Waals surface area contributed by atoms with Gasteiger partial charge in [-0.05, 0) is 31.1 Å². The lowest BCUT2D eigenvalue weighted by Gasteiger charge is -2.42. The first kappa shape index (κ1) is 13.5. The van der Waals surface area contributed by atoms with Crippen molar-refractivity contribution >= 4 is 5.97 Å². The van der Waals surface area contributed by atoms with Gasteiger partial charge in [-0.25, -0.2) is 0 Å². The number of nitrogens with one attached hydrogen (secondary N) is 1. The molecule has 0 aromatic rings. The Labute approximate surface area is 98.6 Å². The summed E-state index contributed by atoms with van der Waals surface area (Å²) in [5.74, 6) is -0.695. The molecular formula is C13H25NO2. The van der Waals surface area contributed by atoms with Crippen LogP contribution in [-0.4, -0.2) is 23.7 Å². The second-order valence-electron chi connectivity index (χ2n) is 5.12. The van der Waals surface area contributed by atoms with Crippen LogP contribution in [0.2, 0.25) is 0 Å². The van der Waals surface area contributed by atoms with Crippen LogP contribution in [-0.2, 0) is 4.79 Å². The molecule has 2 N–H and O–H groups in total. The number of carbonyl (C=O) groups is 1. The molecule has 0 radical (unpaired) electrons. The topological polar surface area (TPSA) is 49.3 Å². The molecule has 94 valence electrons. The number of rotatable bonds is 8. The van der Waals surface area contributed by atoms with E-state index in [1.807, 2.05) is 0 Å². The third-order valence-electron chi connectivity index (χ3n) is 4.03. The minimum atomic E-state index is -0.695. The molecule has 1 rings (SSSR count). The van der Waals surface area contributed by atoms with Crippen molar-refractivity contribution in [2.75, 3.05) is 6.54 Å². The summed E-state index contributed by atoms with van der Waals surface area (Å²) < 4.78 is 0. The van der Waals surface area contributed by atoms with Crippen molar-refractivity contribution in [3.63, 3.8) is 0 Å². The zero-order chi connectivity index (χ0) is 12.0. The van der Waals surface area contributed by atoms with Crippen molar-refractivity contribution in [3.8, 4) is 0 Å². The van der Waals surface area contributed by atoms with E-state index in [9.17, 15) is 4.79 Å². The Bertz CT molecular complexity index is 218. The maximum atomic E-state index is 11.1. The van der Waals surface area contributed by atoms with E-state index in [0.29, 0.717) is 5.41 Å². The molecular weight excluding hydrogens is 202 g/mol. The minimum Gasteiger partial charge on any atom is -0.480 e. The number of hydrogen-bond acceptors (Lipinski definition) is 2. The SMILES string of the molecule is CCCCC(NCC1(CC)CCC1)C(=O)O. The van der Waals surface area contributed by atoms with E-state index in [4.69, 9.17) is 5.11 Å². The van der Waals surface area contributed by atoms with Gasteiger partial charge in [-0.1, -0.05) is 33.1 Å². The zero-order valence-electron chi connectivity index (χ0n) is 10.6. The molecule has 1 saturated carbocycles. The second kappa shape index (κ2) is 6.24. The predicted octanol–water partition coefficient (Wildman–Crippen LogP) is 2.80. The number of aliphatic carboxylic acids is 1. The highest BCUT2D eigenvalue weighted by Gasteiger charge is 2.35. The van der Waals surface area contributed by atoms with Gasteiger partial charge >= 0.3 is 5.97 Å². The van der Waals surface area contributed by atoms with Crippen LogP contribution < -0.4 is 5.32 Å². The number of carboxylic acids is 1. The van der Waals surface area contributed by atoms with E-state index < -0.39 is 5.97 Å². The largest absolute Gasteiger partial charge is 0.480 e. The molecule has 1 aliphatic rings. The van der Waals surface area contributed by atoms with E-state index in [0.717, 1.165) is 25.8 Å². The average molecular weight is 227 g/mol. The highest BCUT2D eigenvalue weighted by Crippen LogP contribution is 2.43. The standard InChI is InChI=1S/C13H25NO2/c1-3-5-7-11(12(15)16)14-10-13(4-2)8-6-9-13/h11,14H,3-10H2,1-2H3,(H,15,16). The van der Waals surface area contributed by atoms with E-state index in [1.165, 1.54) is 25.7 Å². The lowest BCUT2D eigenvalue weighted by molar-refractivity contribution is -0.139. The van der Waals surface area contributed by atoms with Crippen LogP contribution in [0.3, 0.4) is 0 Å². The number of unbranched alkanes of at least 4 members (excludes halogenated alkanes) is 1. The van der Waals surface area contributed by atoms with Crippen molar-refractivity contribution < 1.29 is 9.90 Å². The molecule has 1 aliphatic carbocycles. The van der Waals surface area contributed by atoms with Crippen molar-refractivity contribution in [2.24, 2.45) is 5.41 Å². The van der Waals surface area contributed by atoms with Crippen LogP contribution in [0.4, 0.5) is 0 Å². The Morgan fingerprint density at radius 1 is 1.44 bits per heavy atom. The second-order valence-corrected chi connectivity index (χ2v) is 5.12. The fraction of sp³-hybridized carbons (Fsp3) is 0.923. The molecule has 0 aromatic heterocycles. The molecule has 16 heavy (non-hydrogen) atoms. The highest BCUT2D eigenvalue weighted by atomic mass is 16.4. The molecule has 1 atom stereocenters. The fourth-order valence-corrected chi connectivity index (χ4v) is 2.39. The molecule has 0 saturated heterocycles. The van der Waals surface area contributed by atoms with Gasteiger partial charge in [0, 0.05) is 6.54 Å². The highest BCUT2D eigenvalue weighted by molar-refractivity contribution is 5.73. The van der Waals surface area contributed by atoms with Crippen molar-refractivity contribution in [2.45, 2.75) is 64.8 Å². The van der Waals surface area contributed by atoms with E-state index in [2.05, 4.69) is 19.2 Å². The summed E-state index contributed by atoms with van der Waals surface area (Å²) in [4.78, 5) is 11.1. The summed E-state index contributed by atoms with van der Waals surface area (Å²) in [6.45, 7) is 5.19. The van der Waals surface area contributed by atoms with Crippen LogP contribution in [0, 0.1) is 5.41 Å². The Hall–Kier alpha value is -0.570. The van der Waals surface area contributed by atoms with Crippen molar-refractivity contribution in [1.29, 1.82) is 0 Å². The molecule has 1 fully saturated rings. The molecule has 0 aliphatic heterocycles. The van der Waals surface area contributed by atoms with Gasteiger partial charge in [0.15, 0.2) is 0 Å². The smallest absolute Gasteiger partial charge is 0.320 e. The van der Waals surface area contributed by atoms with Crippen LogP contribution in [0.5, 0.6) is 0 Å². The first-order chi connectivity index (χ1) is 7.63. The summed E-state index contributed by atoms with van der Waals surface area (Å²) in [5, 5.41) is 12.3. The van der Waals surface area contributed by atoms with Gasteiger partial charge < -0.3 is 10.4 Å². The minimum absolute atomic E-state index is 0.344. The average Bonchev–Trinajstić information content (AvgIpc) is 2.20. The quantitative estimate of drug-likeness (QED) is 0.670. The van der Waals surface area contributed by atoms with Crippen LogP contribution in [0.25, 0.3) is 0 Å². The van der Waals surface area contributed by atoms with Crippen molar-refractivity contribution in [3.05, 3.63) is 0 Å².